The molecule has 1 aromatic heterocycles. The van der Waals surface area contributed by atoms with Crippen molar-refractivity contribution in [3.05, 3.63) is 23.9 Å². The Hall–Kier alpha value is -0.700. The summed E-state index contributed by atoms with van der Waals surface area (Å²) in [6.45, 7) is 7.76. The van der Waals surface area contributed by atoms with Crippen LogP contribution >= 0.6 is 11.8 Å². The van der Waals surface area contributed by atoms with E-state index in [0.717, 1.165) is 18.1 Å². The number of anilines is 1. The van der Waals surface area contributed by atoms with Gasteiger partial charge in [0, 0.05) is 29.3 Å². The van der Waals surface area contributed by atoms with Crippen molar-refractivity contribution in [2.45, 2.75) is 32.1 Å². The van der Waals surface area contributed by atoms with Crippen LogP contribution < -0.4 is 4.90 Å². The lowest BCUT2D eigenvalue weighted by atomic mass is 10.2. The fourth-order valence-corrected chi connectivity index (χ4v) is 3.04. The molecule has 0 spiro atoms. The Morgan fingerprint density at radius 1 is 1.40 bits per heavy atom. The van der Waals surface area contributed by atoms with Crippen LogP contribution in [-0.2, 0) is 0 Å². The number of hydrogen-bond acceptors (Lipinski definition) is 3. The number of hydrogen-bond donors (Lipinski definition) is 0. The van der Waals surface area contributed by atoms with E-state index in [1.54, 1.807) is 0 Å². The molecule has 0 bridgehead atoms. The fraction of sp³-hybridized carbons (Fsp3) is 0.583. The summed E-state index contributed by atoms with van der Waals surface area (Å²) < 4.78 is 0. The quantitative estimate of drug-likeness (QED) is 0.727. The number of pyridine rings is 1. The van der Waals surface area contributed by atoms with Crippen LogP contribution in [0.15, 0.2) is 18.2 Å². The standard InChI is InChI=1S/C12H18N2S/c1-9-5-4-6-12(13-9)14-7-8-15-11(3)10(14)2/h4-6,10-11H,7-8H2,1-3H3. The van der Waals surface area contributed by atoms with Crippen LogP contribution in [0.2, 0.25) is 0 Å². The van der Waals surface area contributed by atoms with Crippen LogP contribution in [0.4, 0.5) is 5.82 Å². The minimum atomic E-state index is 0.582. The van der Waals surface area contributed by atoms with E-state index in [1.807, 2.05) is 0 Å². The zero-order valence-electron chi connectivity index (χ0n) is 9.60. The van der Waals surface area contributed by atoms with Gasteiger partial charge in [-0.3, -0.25) is 0 Å². The van der Waals surface area contributed by atoms with Crippen LogP contribution in [0.25, 0.3) is 0 Å². The highest BCUT2D eigenvalue weighted by Gasteiger charge is 2.25. The molecular weight excluding hydrogens is 204 g/mol. The second-order valence-corrected chi connectivity index (χ2v) is 5.63. The Bertz CT molecular complexity index is 340. The summed E-state index contributed by atoms with van der Waals surface area (Å²) in [5.74, 6) is 2.34. The summed E-state index contributed by atoms with van der Waals surface area (Å²) in [6, 6.07) is 6.84. The summed E-state index contributed by atoms with van der Waals surface area (Å²) in [6.07, 6.45) is 0. The van der Waals surface area contributed by atoms with Crippen LogP contribution in [0.5, 0.6) is 0 Å². The number of aromatic nitrogens is 1. The molecule has 0 N–H and O–H groups in total. The predicted molar refractivity (Wildman–Crippen MR) is 67.7 cm³/mol. The van der Waals surface area contributed by atoms with Gasteiger partial charge in [-0.05, 0) is 26.0 Å². The average Bonchev–Trinajstić information content (AvgIpc) is 2.22. The van der Waals surface area contributed by atoms with Crippen LogP contribution in [0.3, 0.4) is 0 Å². The van der Waals surface area contributed by atoms with Crippen molar-refractivity contribution in [1.29, 1.82) is 0 Å². The zero-order chi connectivity index (χ0) is 10.8. The van der Waals surface area contributed by atoms with E-state index in [-0.39, 0.29) is 0 Å². The number of rotatable bonds is 1. The molecule has 1 aliphatic rings. The maximum atomic E-state index is 4.60. The zero-order valence-corrected chi connectivity index (χ0v) is 10.4. The molecule has 3 heteroatoms. The minimum Gasteiger partial charge on any atom is -0.352 e. The summed E-state index contributed by atoms with van der Waals surface area (Å²) in [5.41, 5.74) is 1.10. The molecule has 15 heavy (non-hydrogen) atoms. The molecule has 1 aromatic rings. The van der Waals surface area contributed by atoms with Gasteiger partial charge in [0.15, 0.2) is 0 Å². The lowest BCUT2D eigenvalue weighted by Gasteiger charge is -2.38. The van der Waals surface area contributed by atoms with Gasteiger partial charge in [-0.15, -0.1) is 0 Å². The molecule has 0 saturated carbocycles. The van der Waals surface area contributed by atoms with Gasteiger partial charge in [0.2, 0.25) is 0 Å². The van der Waals surface area contributed by atoms with Gasteiger partial charge in [-0.25, -0.2) is 4.98 Å². The van der Waals surface area contributed by atoms with Gasteiger partial charge in [-0.2, -0.15) is 11.8 Å². The summed E-state index contributed by atoms with van der Waals surface area (Å²) >= 11 is 2.06. The molecule has 82 valence electrons. The molecule has 0 aliphatic carbocycles. The maximum absolute atomic E-state index is 4.60. The highest BCUT2D eigenvalue weighted by atomic mass is 32.2. The lowest BCUT2D eigenvalue weighted by molar-refractivity contribution is 0.620. The molecule has 1 aliphatic heterocycles. The molecule has 2 rings (SSSR count). The predicted octanol–water partition coefficient (Wildman–Crippen LogP) is 2.72. The van der Waals surface area contributed by atoms with Gasteiger partial charge in [0.05, 0.1) is 0 Å². The van der Waals surface area contributed by atoms with Crippen molar-refractivity contribution >= 4 is 17.6 Å². The van der Waals surface area contributed by atoms with Crippen molar-refractivity contribution < 1.29 is 0 Å². The van der Waals surface area contributed by atoms with E-state index in [9.17, 15) is 0 Å². The normalized spacial score (nSPS) is 26.7. The van der Waals surface area contributed by atoms with Crippen molar-refractivity contribution in [2.24, 2.45) is 0 Å². The first-order chi connectivity index (χ1) is 7.18. The maximum Gasteiger partial charge on any atom is 0.129 e. The van der Waals surface area contributed by atoms with Gasteiger partial charge >= 0.3 is 0 Å². The largest absolute Gasteiger partial charge is 0.352 e. The van der Waals surface area contributed by atoms with E-state index < -0.39 is 0 Å². The van der Waals surface area contributed by atoms with E-state index in [2.05, 4.69) is 60.6 Å². The molecular formula is C12H18N2S. The molecule has 2 nitrogen and oxygen atoms in total. The number of nitrogens with zero attached hydrogens (tertiary/aromatic N) is 2. The van der Waals surface area contributed by atoms with Crippen molar-refractivity contribution in [3.8, 4) is 0 Å². The molecule has 0 aromatic carbocycles. The Balaban J connectivity index is 2.22. The Morgan fingerprint density at radius 2 is 2.20 bits per heavy atom. The van der Waals surface area contributed by atoms with Gasteiger partial charge in [0.25, 0.3) is 0 Å². The second kappa shape index (κ2) is 4.44. The summed E-state index contributed by atoms with van der Waals surface area (Å²) in [7, 11) is 0. The van der Waals surface area contributed by atoms with E-state index in [1.165, 1.54) is 5.75 Å². The van der Waals surface area contributed by atoms with E-state index >= 15 is 0 Å². The molecule has 1 saturated heterocycles. The Kier molecular flexibility index (Phi) is 3.19. The molecule has 2 atom stereocenters. The van der Waals surface area contributed by atoms with Crippen LogP contribution in [0.1, 0.15) is 19.5 Å². The minimum absolute atomic E-state index is 0.582. The molecule has 0 amide bonds. The smallest absolute Gasteiger partial charge is 0.129 e. The van der Waals surface area contributed by atoms with Gasteiger partial charge in [-0.1, -0.05) is 13.0 Å². The topological polar surface area (TPSA) is 16.1 Å². The first kappa shape index (κ1) is 10.8. The third kappa shape index (κ3) is 2.28. The number of thioether (sulfide) groups is 1. The first-order valence-electron chi connectivity index (χ1n) is 5.50. The van der Waals surface area contributed by atoms with E-state index in [4.69, 9.17) is 0 Å². The summed E-state index contributed by atoms with van der Waals surface area (Å²) in [4.78, 5) is 7.02. The molecule has 2 heterocycles. The van der Waals surface area contributed by atoms with Gasteiger partial charge in [0.1, 0.15) is 5.82 Å². The second-order valence-electron chi connectivity index (χ2n) is 4.15. The highest BCUT2D eigenvalue weighted by molar-refractivity contribution is 8.00. The third-order valence-corrected chi connectivity index (χ3v) is 4.39. The lowest BCUT2D eigenvalue weighted by Crippen LogP contribution is -2.45. The summed E-state index contributed by atoms with van der Waals surface area (Å²) in [5, 5.41) is 0.695. The Morgan fingerprint density at radius 3 is 2.93 bits per heavy atom. The van der Waals surface area contributed by atoms with Crippen LogP contribution in [0, 0.1) is 6.92 Å². The SMILES string of the molecule is Cc1cccc(N2CCSC(C)C2C)n1. The Labute approximate surface area is 96.1 Å². The molecule has 1 fully saturated rings. The molecule has 2 unspecified atom stereocenters. The van der Waals surface area contributed by atoms with Gasteiger partial charge < -0.3 is 4.90 Å². The van der Waals surface area contributed by atoms with Crippen molar-refractivity contribution in [3.63, 3.8) is 0 Å². The van der Waals surface area contributed by atoms with Crippen molar-refractivity contribution in [1.82, 2.24) is 4.98 Å². The monoisotopic (exact) mass is 222 g/mol. The molecule has 0 radical (unpaired) electrons. The van der Waals surface area contributed by atoms with Crippen molar-refractivity contribution in [2.75, 3.05) is 17.2 Å². The third-order valence-electron chi connectivity index (χ3n) is 3.05. The van der Waals surface area contributed by atoms with Crippen LogP contribution in [-0.4, -0.2) is 28.6 Å². The van der Waals surface area contributed by atoms with E-state index in [0.29, 0.717) is 11.3 Å². The fourth-order valence-electron chi connectivity index (χ4n) is 1.95. The highest BCUT2D eigenvalue weighted by Crippen LogP contribution is 2.27. The average molecular weight is 222 g/mol. The first-order valence-corrected chi connectivity index (χ1v) is 6.55. The number of aryl methyl sites for hydroxylation is 1.